The Bertz CT molecular complexity index is 1390. The fraction of sp³-hybridized carbons (Fsp3) is 0.273. The Morgan fingerprint density at radius 2 is 1.79 bits per heavy atom. The minimum absolute atomic E-state index is 0.0891. The van der Waals surface area contributed by atoms with Crippen LogP contribution in [0.4, 0.5) is 5.82 Å². The first kappa shape index (κ1) is 29.2. The van der Waals surface area contributed by atoms with Gasteiger partial charge in [0.1, 0.15) is 35.6 Å². The summed E-state index contributed by atoms with van der Waals surface area (Å²) < 4.78 is 34.1. The second kappa shape index (κ2) is 11.8. The quantitative estimate of drug-likeness (QED) is 0.190. The van der Waals surface area contributed by atoms with E-state index in [0.29, 0.717) is 5.75 Å². The zero-order chi connectivity index (χ0) is 28.4. The molecular formula is C22H24N3O12P2-. The predicted molar refractivity (Wildman–Crippen MR) is 131 cm³/mol. The van der Waals surface area contributed by atoms with E-state index < -0.39 is 58.4 Å². The van der Waals surface area contributed by atoms with E-state index in [1.807, 2.05) is 0 Å². The number of nitrogens with two attached hydrogens (primary N) is 1. The van der Waals surface area contributed by atoms with E-state index in [0.717, 1.165) is 4.57 Å². The van der Waals surface area contributed by atoms with Crippen LogP contribution in [-0.2, 0) is 18.3 Å². The Labute approximate surface area is 221 Å². The number of phosphoric acid groups is 1. The molecule has 0 aliphatic carbocycles. The van der Waals surface area contributed by atoms with Gasteiger partial charge in [-0.25, -0.2) is 13.9 Å². The topological polar surface area (TPSA) is 242 Å². The van der Waals surface area contributed by atoms with Crippen molar-refractivity contribution in [3.63, 3.8) is 0 Å². The van der Waals surface area contributed by atoms with Crippen LogP contribution < -0.4 is 25.9 Å². The molecule has 1 saturated heterocycles. The number of nitrogens with zero attached hydrogens (tertiary/aromatic N) is 2. The zero-order valence-corrected chi connectivity index (χ0v) is 21.7. The molecule has 17 heteroatoms. The summed E-state index contributed by atoms with van der Waals surface area (Å²) >= 11 is 0. The lowest BCUT2D eigenvalue weighted by molar-refractivity contribution is -0.340. The van der Waals surface area contributed by atoms with Gasteiger partial charge >= 0.3 is 13.5 Å². The van der Waals surface area contributed by atoms with E-state index in [4.69, 9.17) is 24.3 Å². The molecule has 2 heterocycles. The third-order valence-corrected chi connectivity index (χ3v) is 7.63. The number of hydrogen-bond acceptors (Lipinski definition) is 13. The van der Waals surface area contributed by atoms with Gasteiger partial charge in [-0.1, -0.05) is 30.3 Å². The van der Waals surface area contributed by atoms with Crippen molar-refractivity contribution in [1.29, 1.82) is 0 Å². The highest BCUT2D eigenvalue weighted by Crippen LogP contribution is 2.61. The van der Waals surface area contributed by atoms with Gasteiger partial charge in [0.25, 0.3) is 0 Å². The van der Waals surface area contributed by atoms with Crippen LogP contribution in [0.15, 0.2) is 71.7 Å². The number of aliphatic hydroxyl groups is 2. The molecule has 1 aliphatic rings. The molecule has 6 atom stereocenters. The number of para-hydroxylation sites is 1. The zero-order valence-electron chi connectivity index (χ0n) is 19.9. The van der Waals surface area contributed by atoms with Crippen molar-refractivity contribution in [2.45, 2.75) is 30.4 Å². The smallest absolute Gasteiger partial charge is 0.475 e. The van der Waals surface area contributed by atoms with Crippen molar-refractivity contribution in [2.24, 2.45) is 0 Å². The number of anilines is 1. The summed E-state index contributed by atoms with van der Waals surface area (Å²) in [5.74, 6) is -1.86. The first-order valence-corrected chi connectivity index (χ1v) is 14.4. The molecule has 0 spiro atoms. The van der Waals surface area contributed by atoms with Gasteiger partial charge in [-0.2, -0.15) is 4.98 Å². The molecule has 0 bridgehead atoms. The molecule has 1 unspecified atom stereocenters. The van der Waals surface area contributed by atoms with E-state index >= 15 is 0 Å². The number of nitrogen functional groups attached to an aromatic ring is 1. The molecule has 1 fully saturated rings. The first-order valence-electron chi connectivity index (χ1n) is 11.2. The molecule has 1 aliphatic heterocycles. The fourth-order valence-corrected chi connectivity index (χ4v) is 5.85. The third kappa shape index (κ3) is 7.25. The number of phosphoric ester groups is 1. The lowest BCUT2D eigenvalue weighted by atomic mass is 10.1. The van der Waals surface area contributed by atoms with Gasteiger partial charge in [-0.05, 0) is 30.3 Å². The minimum Gasteiger partial charge on any atom is -0.657 e. The minimum atomic E-state index is -5.44. The normalized spacial score (nSPS) is 23.7. The Kier molecular flexibility index (Phi) is 8.81. The molecule has 0 radical (unpaired) electrons. The Balaban J connectivity index is 1.45. The number of rotatable bonds is 10. The number of aliphatic hydroxyl groups excluding tert-OH is 2. The second-order valence-corrected chi connectivity index (χ2v) is 11.4. The maximum absolute atomic E-state index is 12.6. The van der Waals surface area contributed by atoms with Crippen LogP contribution in [0.5, 0.6) is 11.5 Å². The molecule has 0 amide bonds. The molecular weight excluding hydrogens is 560 g/mol. The van der Waals surface area contributed by atoms with Crippen molar-refractivity contribution >= 4 is 21.6 Å². The molecule has 4 rings (SSSR count). The van der Waals surface area contributed by atoms with E-state index in [-0.39, 0.29) is 17.1 Å². The Morgan fingerprint density at radius 1 is 1.10 bits per heavy atom. The Hall–Kier alpha value is -2.78. The molecule has 2 aromatic carbocycles. The number of benzene rings is 2. The summed E-state index contributed by atoms with van der Waals surface area (Å²) in [4.78, 5) is 59.6. The lowest BCUT2D eigenvalue weighted by Gasteiger charge is -2.36. The summed E-state index contributed by atoms with van der Waals surface area (Å²) in [6.07, 6.45) is -5.08. The van der Waals surface area contributed by atoms with Crippen LogP contribution in [-0.4, -0.2) is 54.5 Å². The molecule has 0 saturated carbocycles. The predicted octanol–water partition coefficient (Wildman–Crippen LogP) is -0.455. The van der Waals surface area contributed by atoms with Gasteiger partial charge in [0.15, 0.2) is 6.23 Å². The van der Waals surface area contributed by atoms with Gasteiger partial charge in [0.05, 0.1) is 14.6 Å². The summed E-state index contributed by atoms with van der Waals surface area (Å²) in [5, 5.41) is 20.6. The molecule has 3 aromatic rings. The standard InChI is InChI=1S/C22H25N3O12P2/c23-17-9-10-25(22(28)24-17)20-19(27)18(26)16(36-20)12-34-39(32,33)37-21(38(29,30)31)13-5-4-8-15(11-13)35-14-6-2-1-3-7-14/h1-11,16,18-21,26-27H,12H2,(H,32,33)(H2,23,24,28)(H2,29,30,31)/p-1/t16-,18-,19-,20-,21-/m1/s1. The van der Waals surface area contributed by atoms with Gasteiger partial charge in [0, 0.05) is 11.8 Å². The van der Waals surface area contributed by atoms with Crippen LogP contribution in [0.2, 0.25) is 0 Å². The first-order chi connectivity index (χ1) is 18.3. The second-order valence-electron chi connectivity index (χ2n) is 8.36. The van der Waals surface area contributed by atoms with Crippen LogP contribution >= 0.6 is 15.8 Å². The van der Waals surface area contributed by atoms with Crippen LogP contribution in [0, 0.1) is 0 Å². The molecule has 1 aromatic heterocycles. The van der Waals surface area contributed by atoms with Gasteiger partial charge < -0.3 is 40.1 Å². The highest BCUT2D eigenvalue weighted by atomic mass is 31.2. The largest absolute Gasteiger partial charge is 0.657 e. The van der Waals surface area contributed by atoms with E-state index in [2.05, 4.69) is 4.98 Å². The number of ether oxygens (including phenoxy) is 2. The van der Waals surface area contributed by atoms with Crippen molar-refractivity contribution < 1.29 is 52.9 Å². The average Bonchev–Trinajstić information content (AvgIpc) is 3.15. The highest BCUT2D eigenvalue weighted by molar-refractivity contribution is 7.57. The van der Waals surface area contributed by atoms with Gasteiger partial charge in [-0.3, -0.25) is 14.0 Å². The Morgan fingerprint density at radius 3 is 2.46 bits per heavy atom. The molecule has 15 nitrogen and oxygen atoms in total. The van der Waals surface area contributed by atoms with E-state index in [1.165, 1.54) is 36.5 Å². The third-order valence-electron chi connectivity index (χ3n) is 5.52. The van der Waals surface area contributed by atoms with Crippen LogP contribution in [0.25, 0.3) is 0 Å². The fourth-order valence-electron chi connectivity index (χ4n) is 3.71. The monoisotopic (exact) mass is 584 g/mol. The maximum Gasteiger partial charge on any atom is 0.475 e. The SMILES string of the molecule is Nc1ccn([C@@H]2O[C@H](COP(=O)(O)O[C@@H](c3cccc(Oc4ccccc4)c3)[P+]([O-])([O-])O)[C@@H](O)[C@H]2O)c(=O)n1. The summed E-state index contributed by atoms with van der Waals surface area (Å²) in [6.45, 7) is -0.877. The molecule has 210 valence electrons. The van der Waals surface area contributed by atoms with Crippen LogP contribution in [0.3, 0.4) is 0 Å². The van der Waals surface area contributed by atoms with Crippen molar-refractivity contribution in [1.82, 2.24) is 9.55 Å². The number of aromatic nitrogens is 2. The van der Waals surface area contributed by atoms with Crippen molar-refractivity contribution in [3.8, 4) is 11.5 Å². The van der Waals surface area contributed by atoms with Crippen LogP contribution in [0.1, 0.15) is 17.6 Å². The molecule has 6 N–H and O–H groups in total. The summed E-state index contributed by atoms with van der Waals surface area (Å²) in [6, 6.07) is 15.0. The molecule has 39 heavy (non-hydrogen) atoms. The number of hydrogen-bond donors (Lipinski definition) is 5. The van der Waals surface area contributed by atoms with E-state index in [1.54, 1.807) is 30.3 Å². The summed E-state index contributed by atoms with van der Waals surface area (Å²) in [7, 11) is -10.7. The van der Waals surface area contributed by atoms with Crippen molar-refractivity contribution in [3.05, 3.63) is 82.9 Å². The van der Waals surface area contributed by atoms with Crippen molar-refractivity contribution in [2.75, 3.05) is 12.3 Å². The summed E-state index contributed by atoms with van der Waals surface area (Å²) in [5.41, 5.74) is 4.29. The van der Waals surface area contributed by atoms with Gasteiger partial charge in [-0.15, -0.1) is 0 Å². The van der Waals surface area contributed by atoms with Gasteiger partial charge in [0.2, 0.25) is 5.85 Å². The lowest BCUT2D eigenvalue weighted by Crippen LogP contribution is -2.36. The van der Waals surface area contributed by atoms with E-state index in [9.17, 15) is 39.1 Å². The average molecular weight is 584 g/mol. The maximum atomic E-state index is 12.6. The highest BCUT2D eigenvalue weighted by Gasteiger charge is 2.46.